The van der Waals surface area contributed by atoms with E-state index < -0.39 is 34.7 Å². The highest BCUT2D eigenvalue weighted by Gasteiger charge is 2.51. The van der Waals surface area contributed by atoms with E-state index in [0.717, 1.165) is 4.90 Å². The van der Waals surface area contributed by atoms with Gasteiger partial charge in [-0.05, 0) is 44.9 Å². The average Bonchev–Trinajstić information content (AvgIpc) is 2.71. The molecule has 1 aromatic rings. The first-order chi connectivity index (χ1) is 11.1. The molecule has 0 aliphatic carbocycles. The van der Waals surface area contributed by atoms with Crippen LogP contribution in [-0.4, -0.2) is 34.8 Å². The molecular formula is C17H22FN3O3. The van der Waals surface area contributed by atoms with Crippen molar-refractivity contribution >= 4 is 17.8 Å². The maximum Gasteiger partial charge on any atom is 0.325 e. The minimum absolute atomic E-state index is 0.292. The van der Waals surface area contributed by atoms with Crippen molar-refractivity contribution in [3.8, 4) is 0 Å². The summed E-state index contributed by atoms with van der Waals surface area (Å²) in [4.78, 5) is 38.0. The molecule has 0 aromatic heterocycles. The second-order valence-electron chi connectivity index (χ2n) is 6.89. The number of hydrogen-bond acceptors (Lipinski definition) is 3. The monoisotopic (exact) mass is 335 g/mol. The van der Waals surface area contributed by atoms with E-state index in [4.69, 9.17) is 0 Å². The van der Waals surface area contributed by atoms with Crippen molar-refractivity contribution in [3.63, 3.8) is 0 Å². The summed E-state index contributed by atoms with van der Waals surface area (Å²) in [6.45, 7) is 6.83. The quantitative estimate of drug-likeness (QED) is 0.825. The summed E-state index contributed by atoms with van der Waals surface area (Å²) >= 11 is 0. The fourth-order valence-electron chi connectivity index (χ4n) is 2.74. The number of rotatable bonds is 4. The second kappa shape index (κ2) is 6.22. The molecule has 2 rings (SSSR count). The summed E-state index contributed by atoms with van der Waals surface area (Å²) in [5, 5.41) is 5.37. The van der Waals surface area contributed by atoms with Crippen LogP contribution in [0.15, 0.2) is 24.3 Å². The molecule has 1 aliphatic heterocycles. The van der Waals surface area contributed by atoms with Crippen LogP contribution < -0.4 is 10.6 Å². The van der Waals surface area contributed by atoms with Crippen molar-refractivity contribution < 1.29 is 18.8 Å². The molecular weight excluding hydrogens is 313 g/mol. The molecule has 0 bridgehead atoms. The van der Waals surface area contributed by atoms with E-state index >= 15 is 0 Å². The van der Waals surface area contributed by atoms with E-state index in [2.05, 4.69) is 10.6 Å². The summed E-state index contributed by atoms with van der Waals surface area (Å²) in [6, 6.07) is 4.78. The third-order valence-corrected chi connectivity index (χ3v) is 3.86. The molecule has 1 fully saturated rings. The molecule has 1 atom stereocenters. The number of nitrogens with one attached hydrogen (secondary N) is 2. The summed E-state index contributed by atoms with van der Waals surface area (Å²) in [7, 11) is 0. The van der Waals surface area contributed by atoms with Gasteiger partial charge in [0.05, 0.1) is 0 Å². The molecule has 0 saturated carbocycles. The van der Waals surface area contributed by atoms with Crippen LogP contribution >= 0.6 is 0 Å². The van der Waals surface area contributed by atoms with Gasteiger partial charge in [0.15, 0.2) is 0 Å². The first-order valence-corrected chi connectivity index (χ1v) is 7.80. The van der Waals surface area contributed by atoms with E-state index in [1.807, 2.05) is 20.8 Å². The molecule has 1 heterocycles. The summed E-state index contributed by atoms with van der Waals surface area (Å²) in [5.41, 5.74) is -1.24. The van der Waals surface area contributed by atoms with Gasteiger partial charge in [0.2, 0.25) is 5.91 Å². The highest BCUT2D eigenvalue weighted by molar-refractivity contribution is 6.09. The van der Waals surface area contributed by atoms with Crippen LogP contribution in [0.2, 0.25) is 0 Å². The topological polar surface area (TPSA) is 78.5 Å². The van der Waals surface area contributed by atoms with Gasteiger partial charge in [-0.3, -0.25) is 14.5 Å². The van der Waals surface area contributed by atoms with Crippen molar-refractivity contribution in [1.29, 1.82) is 0 Å². The lowest BCUT2D eigenvalue weighted by atomic mass is 9.87. The Morgan fingerprint density at radius 2 is 1.83 bits per heavy atom. The Labute approximate surface area is 140 Å². The van der Waals surface area contributed by atoms with Crippen LogP contribution in [0.1, 0.15) is 39.7 Å². The van der Waals surface area contributed by atoms with Crippen LogP contribution in [0.5, 0.6) is 0 Å². The molecule has 2 N–H and O–H groups in total. The number of amides is 4. The van der Waals surface area contributed by atoms with Gasteiger partial charge in [0, 0.05) is 5.54 Å². The lowest BCUT2D eigenvalue weighted by molar-refractivity contribution is -0.135. The normalized spacial score (nSPS) is 21.0. The minimum atomic E-state index is -1.27. The Balaban J connectivity index is 2.26. The minimum Gasteiger partial charge on any atom is -0.350 e. The molecule has 0 unspecified atom stereocenters. The number of nitrogens with zero attached hydrogens (tertiary/aromatic N) is 1. The highest BCUT2D eigenvalue weighted by atomic mass is 19.1. The van der Waals surface area contributed by atoms with E-state index in [0.29, 0.717) is 12.0 Å². The van der Waals surface area contributed by atoms with Gasteiger partial charge < -0.3 is 10.6 Å². The Bertz CT molecular complexity index is 667. The van der Waals surface area contributed by atoms with Crippen molar-refractivity contribution in [2.75, 3.05) is 6.54 Å². The zero-order chi connectivity index (χ0) is 18.1. The Kier molecular flexibility index (Phi) is 4.64. The maximum atomic E-state index is 13.1. The summed E-state index contributed by atoms with van der Waals surface area (Å²) in [6.07, 6.45) is 0.292. The maximum absolute atomic E-state index is 13.1. The lowest BCUT2D eigenvalue weighted by Gasteiger charge is -2.26. The molecule has 4 amide bonds. The van der Waals surface area contributed by atoms with Crippen molar-refractivity contribution in [2.45, 2.75) is 45.2 Å². The van der Waals surface area contributed by atoms with Gasteiger partial charge >= 0.3 is 6.03 Å². The first kappa shape index (κ1) is 17.9. The van der Waals surface area contributed by atoms with Gasteiger partial charge in [-0.15, -0.1) is 0 Å². The van der Waals surface area contributed by atoms with Gasteiger partial charge in [-0.2, -0.15) is 0 Å². The first-order valence-electron chi connectivity index (χ1n) is 7.80. The van der Waals surface area contributed by atoms with Crippen molar-refractivity contribution in [2.24, 2.45) is 0 Å². The molecule has 0 spiro atoms. The average molecular weight is 335 g/mol. The SMILES string of the molecule is CC[C@@]1(c2ccc(F)cc2)NC(=O)N(CC(=O)NC(C)(C)C)C1=O. The zero-order valence-electron chi connectivity index (χ0n) is 14.3. The molecule has 0 radical (unpaired) electrons. The number of halogens is 1. The zero-order valence-corrected chi connectivity index (χ0v) is 14.3. The number of hydrogen-bond donors (Lipinski definition) is 2. The van der Waals surface area contributed by atoms with Crippen LogP contribution in [0.25, 0.3) is 0 Å². The molecule has 6 nitrogen and oxygen atoms in total. The number of carbonyl (C=O) groups excluding carboxylic acids is 3. The van der Waals surface area contributed by atoms with Gasteiger partial charge in [0.1, 0.15) is 17.9 Å². The van der Waals surface area contributed by atoms with E-state index in [1.54, 1.807) is 6.92 Å². The fraction of sp³-hybridized carbons (Fsp3) is 0.471. The molecule has 1 aromatic carbocycles. The highest BCUT2D eigenvalue weighted by Crippen LogP contribution is 2.32. The second-order valence-corrected chi connectivity index (χ2v) is 6.89. The Morgan fingerprint density at radius 3 is 2.33 bits per heavy atom. The van der Waals surface area contributed by atoms with Crippen molar-refractivity contribution in [3.05, 3.63) is 35.6 Å². The number of imide groups is 1. The van der Waals surface area contributed by atoms with Crippen LogP contribution in [0, 0.1) is 5.82 Å². The standard InChI is InChI=1S/C17H22FN3O3/c1-5-17(11-6-8-12(18)9-7-11)14(23)21(15(24)20-17)10-13(22)19-16(2,3)4/h6-9H,5,10H2,1-4H3,(H,19,22)(H,20,24)/t17-/m0/s1. The molecule has 130 valence electrons. The van der Waals surface area contributed by atoms with Crippen LogP contribution in [-0.2, 0) is 15.1 Å². The van der Waals surface area contributed by atoms with Crippen LogP contribution in [0.3, 0.4) is 0 Å². The molecule has 7 heteroatoms. The lowest BCUT2D eigenvalue weighted by Crippen LogP contribution is -2.48. The largest absolute Gasteiger partial charge is 0.350 e. The molecule has 1 saturated heterocycles. The Morgan fingerprint density at radius 1 is 1.25 bits per heavy atom. The summed E-state index contributed by atoms with van der Waals surface area (Å²) < 4.78 is 13.1. The van der Waals surface area contributed by atoms with Crippen LogP contribution in [0.4, 0.5) is 9.18 Å². The van der Waals surface area contributed by atoms with Gasteiger partial charge in [-0.1, -0.05) is 19.1 Å². The fourth-order valence-corrected chi connectivity index (χ4v) is 2.74. The Hall–Kier alpha value is -2.44. The number of urea groups is 1. The van der Waals surface area contributed by atoms with E-state index in [9.17, 15) is 18.8 Å². The van der Waals surface area contributed by atoms with Gasteiger partial charge in [0.25, 0.3) is 5.91 Å². The summed E-state index contributed by atoms with van der Waals surface area (Å²) in [5.74, 6) is -1.36. The molecule has 24 heavy (non-hydrogen) atoms. The van der Waals surface area contributed by atoms with Crippen molar-refractivity contribution in [1.82, 2.24) is 15.5 Å². The number of benzene rings is 1. The number of carbonyl (C=O) groups is 3. The third-order valence-electron chi connectivity index (χ3n) is 3.86. The predicted octanol–water partition coefficient (Wildman–Crippen LogP) is 1.90. The van der Waals surface area contributed by atoms with E-state index in [-0.39, 0.29) is 6.54 Å². The smallest absolute Gasteiger partial charge is 0.325 e. The predicted molar refractivity (Wildman–Crippen MR) is 86.5 cm³/mol. The van der Waals surface area contributed by atoms with Gasteiger partial charge in [-0.25, -0.2) is 9.18 Å². The van der Waals surface area contributed by atoms with E-state index in [1.165, 1.54) is 24.3 Å². The third kappa shape index (κ3) is 3.39. The molecule has 1 aliphatic rings.